The number of aromatic nitrogens is 5. The van der Waals surface area contributed by atoms with Gasteiger partial charge in [-0.2, -0.15) is 24.9 Å². The number of halogens is 4. The molecule has 5 nitrogen and oxygen atoms in total. The quantitative estimate of drug-likeness (QED) is 0.351. The second-order valence-corrected chi connectivity index (χ2v) is 6.17. The van der Waals surface area contributed by atoms with Crippen LogP contribution in [0.25, 0.3) is 22.7 Å². The summed E-state index contributed by atoms with van der Waals surface area (Å²) in [4.78, 5) is 12.4. The number of thioether (sulfide) groups is 1. The second kappa shape index (κ2) is 8.06. The summed E-state index contributed by atoms with van der Waals surface area (Å²) in [7, 11) is 8.29. The molecule has 0 saturated heterocycles. The van der Waals surface area contributed by atoms with Gasteiger partial charge in [-0.05, 0) is 24.6 Å². The Morgan fingerprint density at radius 1 is 1.32 bits per heavy atom. The van der Waals surface area contributed by atoms with Crippen LogP contribution < -0.4 is 0 Å². The van der Waals surface area contributed by atoms with Crippen LogP contribution in [-0.4, -0.2) is 29.8 Å². The van der Waals surface area contributed by atoms with E-state index in [1.165, 1.54) is 0 Å². The molecule has 11 heteroatoms. The molecule has 0 unspecified atom stereocenters. The predicted octanol–water partition coefficient (Wildman–Crippen LogP) is 3.99. The monoisotopic (exact) mass is 439 g/mol. The molecular weight excluding hydrogens is 428 g/mol. The molecular formula is C14H13ClF3N5SZn. The molecule has 0 aromatic carbocycles. The molecule has 0 bridgehead atoms. The third-order valence-corrected chi connectivity index (χ3v) is 4.38. The Hall–Kier alpha value is -1.12. The number of aryl methyl sites for hydroxylation is 2. The molecule has 3 rings (SSSR count). The Labute approximate surface area is 160 Å². The molecule has 0 aliphatic rings. The summed E-state index contributed by atoms with van der Waals surface area (Å²) in [6.07, 6.45) is -0.804. The number of alkyl halides is 3. The number of pyridine rings is 1. The first-order valence-corrected chi connectivity index (χ1v) is 11.9. The van der Waals surface area contributed by atoms with Gasteiger partial charge >= 0.3 is 33.2 Å². The molecule has 0 saturated carbocycles. The van der Waals surface area contributed by atoms with Crippen LogP contribution in [0.4, 0.5) is 13.2 Å². The molecule has 130 valence electrons. The van der Waals surface area contributed by atoms with Crippen molar-refractivity contribution < 1.29 is 30.5 Å². The van der Waals surface area contributed by atoms with Gasteiger partial charge in [-0.3, -0.25) is 0 Å². The third kappa shape index (κ3) is 4.01. The molecule has 0 radical (unpaired) electrons. The minimum atomic E-state index is -4.44. The third-order valence-electron chi connectivity index (χ3n) is 3.35. The van der Waals surface area contributed by atoms with Crippen molar-refractivity contribution in [3.63, 3.8) is 0 Å². The van der Waals surface area contributed by atoms with Crippen molar-refractivity contribution in [2.75, 3.05) is 5.75 Å². The van der Waals surface area contributed by atoms with E-state index >= 15 is 0 Å². The van der Waals surface area contributed by atoms with Crippen LogP contribution in [0, 0.1) is 6.33 Å². The van der Waals surface area contributed by atoms with Crippen LogP contribution in [0.3, 0.4) is 0 Å². The summed E-state index contributed by atoms with van der Waals surface area (Å²) in [6, 6.07) is 1.01. The number of rotatable bonds is 3. The van der Waals surface area contributed by atoms with E-state index in [0.29, 0.717) is 17.2 Å². The van der Waals surface area contributed by atoms with Crippen molar-refractivity contribution in [1.29, 1.82) is 0 Å². The van der Waals surface area contributed by atoms with E-state index in [1.54, 1.807) is 27.9 Å². The minimum absolute atomic E-state index is 0.190. The number of nitrogens with zero attached hydrogens (tertiary/aromatic N) is 5. The molecule has 3 heterocycles. The molecule has 0 amide bonds. The summed E-state index contributed by atoms with van der Waals surface area (Å²) >= 11 is 2.42. The number of imidazole rings is 2. The molecule has 0 N–H and O–H groups in total. The Balaban J connectivity index is 0.00000109. The fraction of sp³-hybridized carbons (Fsp3) is 0.357. The average molecular weight is 441 g/mol. The fourth-order valence-electron chi connectivity index (χ4n) is 2.27. The van der Waals surface area contributed by atoms with Gasteiger partial charge in [0, 0.05) is 19.6 Å². The molecule has 0 aliphatic carbocycles. The first-order valence-electron chi connectivity index (χ1n) is 7.07. The van der Waals surface area contributed by atoms with Crippen molar-refractivity contribution in [3.8, 4) is 11.5 Å². The van der Waals surface area contributed by atoms with Gasteiger partial charge in [-0.25, -0.2) is 9.97 Å². The van der Waals surface area contributed by atoms with Gasteiger partial charge in [0.25, 0.3) is 0 Å². The maximum atomic E-state index is 12.8. The molecule has 0 fully saturated rings. The SMILES string of the molecule is CCSc1c(-c2nc3cc(C(F)(F)F)cnc3n2C)n[c-]n1C.[Cl][Zn+]. The first kappa shape index (κ1) is 20.2. The van der Waals surface area contributed by atoms with E-state index in [2.05, 4.69) is 21.3 Å². The first-order chi connectivity index (χ1) is 11.8. The van der Waals surface area contributed by atoms with Crippen LogP contribution >= 0.6 is 21.5 Å². The van der Waals surface area contributed by atoms with Gasteiger partial charge in [0.1, 0.15) is 5.52 Å². The van der Waals surface area contributed by atoms with Crippen LogP contribution in [0.15, 0.2) is 17.3 Å². The van der Waals surface area contributed by atoms with Gasteiger partial charge in [-0.1, -0.05) is 11.9 Å². The Morgan fingerprint density at radius 2 is 2.00 bits per heavy atom. The summed E-state index contributed by atoms with van der Waals surface area (Å²) in [5.41, 5.74) is 0.348. The number of fused-ring (bicyclic) bond motifs is 1. The maximum absolute atomic E-state index is 12.8. The second-order valence-electron chi connectivity index (χ2n) is 4.92. The molecule has 3 aromatic heterocycles. The normalized spacial score (nSPS) is 11.6. The fourth-order valence-corrected chi connectivity index (χ4v) is 3.05. The van der Waals surface area contributed by atoms with E-state index < -0.39 is 11.7 Å². The summed E-state index contributed by atoms with van der Waals surface area (Å²) in [5, 5.41) is 0.863. The van der Waals surface area contributed by atoms with E-state index in [-0.39, 0.29) is 5.52 Å². The topological polar surface area (TPSA) is 48.5 Å². The van der Waals surface area contributed by atoms with Gasteiger partial charge in [0.2, 0.25) is 0 Å². The Morgan fingerprint density at radius 3 is 2.60 bits per heavy atom. The predicted molar refractivity (Wildman–Crippen MR) is 86.8 cm³/mol. The van der Waals surface area contributed by atoms with Gasteiger partial charge in [0.05, 0.1) is 11.4 Å². The van der Waals surface area contributed by atoms with Crippen LogP contribution in [0.2, 0.25) is 0 Å². The number of hydrogen-bond donors (Lipinski definition) is 0. The van der Waals surface area contributed by atoms with Gasteiger partial charge in [0.15, 0.2) is 5.65 Å². The van der Waals surface area contributed by atoms with Gasteiger partial charge < -0.3 is 14.1 Å². The van der Waals surface area contributed by atoms with Crippen molar-refractivity contribution in [2.24, 2.45) is 14.1 Å². The van der Waals surface area contributed by atoms with Crippen molar-refractivity contribution in [1.82, 2.24) is 24.1 Å². The van der Waals surface area contributed by atoms with Crippen molar-refractivity contribution in [2.45, 2.75) is 18.1 Å². The molecule has 25 heavy (non-hydrogen) atoms. The van der Waals surface area contributed by atoms with E-state index in [1.807, 2.05) is 14.0 Å². The van der Waals surface area contributed by atoms with Crippen molar-refractivity contribution in [3.05, 3.63) is 24.2 Å². The zero-order chi connectivity index (χ0) is 18.8. The van der Waals surface area contributed by atoms with Crippen LogP contribution in [0.1, 0.15) is 12.5 Å². The molecule has 3 aromatic rings. The Kier molecular flexibility index (Phi) is 6.51. The van der Waals surface area contributed by atoms with E-state index in [9.17, 15) is 13.2 Å². The summed E-state index contributed by atoms with van der Waals surface area (Å²) in [6.45, 7) is 2.01. The number of hydrogen-bond acceptors (Lipinski definition) is 4. The Bertz CT molecular complexity index is 877. The zero-order valence-corrected chi connectivity index (χ0v) is 18.3. The zero-order valence-electron chi connectivity index (χ0n) is 13.7. The van der Waals surface area contributed by atoms with E-state index in [0.717, 1.165) is 40.4 Å². The summed E-state index contributed by atoms with van der Waals surface area (Å²) in [5.74, 6) is 1.31. The molecule has 0 spiro atoms. The van der Waals surface area contributed by atoms with Crippen LogP contribution in [0.5, 0.6) is 0 Å². The summed E-state index contributed by atoms with van der Waals surface area (Å²) < 4.78 is 41.8. The standard InChI is InChI=1S/C14H13F3N5S.ClH.Zn/c1-4-23-13-10(19-7-21(13)2)12-20-9-5-8(14(15,16)17)6-18-11(9)22(12)3;;/h5-6H,4H2,1-3H3;1H;/q-1;;+2/p-1. The van der Waals surface area contributed by atoms with Crippen LogP contribution in [-0.2, 0) is 37.6 Å². The van der Waals surface area contributed by atoms with Crippen molar-refractivity contribution >= 4 is 32.6 Å². The molecule has 0 atom stereocenters. The molecule has 0 aliphatic heterocycles. The van der Waals surface area contributed by atoms with Gasteiger partial charge in [-0.15, -0.1) is 0 Å². The average Bonchev–Trinajstić information content (AvgIpc) is 3.10. The van der Waals surface area contributed by atoms with E-state index in [4.69, 9.17) is 9.69 Å².